The average Bonchev–Trinajstić information content (AvgIpc) is 3.44. The largest absolute Gasteiger partial charge is 0.449 e. The molecule has 0 atom stereocenters. The number of aryl methyl sites for hydroxylation is 2. The molecule has 0 radical (unpaired) electrons. The fraction of sp³-hybridized carbons (Fsp3) is 0.409. The van der Waals surface area contributed by atoms with Crippen molar-refractivity contribution in [2.75, 3.05) is 0 Å². The molecule has 0 amide bonds. The van der Waals surface area contributed by atoms with E-state index in [0.29, 0.717) is 43.8 Å². The minimum atomic E-state index is -4.77. The first-order chi connectivity index (χ1) is 16.3. The number of H-pyrrole nitrogens is 1. The number of alkyl halides is 3. The van der Waals surface area contributed by atoms with Crippen LogP contribution in [-0.4, -0.2) is 29.2 Å². The summed E-state index contributed by atoms with van der Waals surface area (Å²) in [5, 5.41) is 3.95. The highest BCUT2D eigenvalue weighted by Gasteiger charge is 2.36. The second-order valence-corrected chi connectivity index (χ2v) is 7.90. The fourth-order valence-corrected chi connectivity index (χ4v) is 3.65. The molecule has 0 spiro atoms. The second kappa shape index (κ2) is 9.65. The maximum atomic E-state index is 13.2. The van der Waals surface area contributed by atoms with Gasteiger partial charge in [0.05, 0.1) is 0 Å². The molecule has 180 valence electrons. The Hall–Kier alpha value is -3.70. The van der Waals surface area contributed by atoms with E-state index in [9.17, 15) is 22.8 Å². The number of fused-ring (bicyclic) bond motifs is 1. The van der Waals surface area contributed by atoms with Gasteiger partial charge in [0.2, 0.25) is 11.7 Å². The lowest BCUT2D eigenvalue weighted by atomic mass is 10.1. The number of aromatic nitrogens is 6. The number of halogens is 3. The summed E-state index contributed by atoms with van der Waals surface area (Å²) >= 11 is 0. The number of nitrogens with zero attached hydrogens (tertiary/aromatic N) is 5. The Morgan fingerprint density at radius 2 is 1.76 bits per heavy atom. The molecule has 34 heavy (non-hydrogen) atoms. The second-order valence-electron chi connectivity index (χ2n) is 7.90. The van der Waals surface area contributed by atoms with Crippen molar-refractivity contribution >= 4 is 11.2 Å². The van der Waals surface area contributed by atoms with Gasteiger partial charge in [-0.05, 0) is 18.4 Å². The van der Waals surface area contributed by atoms with Crippen molar-refractivity contribution in [3.8, 4) is 0 Å². The van der Waals surface area contributed by atoms with E-state index in [2.05, 4.69) is 20.1 Å². The van der Waals surface area contributed by atoms with Crippen molar-refractivity contribution in [1.82, 2.24) is 29.2 Å². The molecule has 0 unspecified atom stereocenters. The van der Waals surface area contributed by atoms with Crippen LogP contribution in [0.25, 0.3) is 11.2 Å². The minimum Gasteiger partial charge on any atom is -0.339 e. The zero-order chi connectivity index (χ0) is 24.3. The molecule has 9 nitrogen and oxygen atoms in total. The van der Waals surface area contributed by atoms with E-state index in [-0.39, 0.29) is 24.3 Å². The Morgan fingerprint density at radius 1 is 1.03 bits per heavy atom. The Bertz CT molecular complexity index is 1390. The van der Waals surface area contributed by atoms with Crippen molar-refractivity contribution < 1.29 is 17.7 Å². The first kappa shape index (κ1) is 23.5. The van der Waals surface area contributed by atoms with Crippen LogP contribution in [0, 0.1) is 0 Å². The standard InChI is InChI=1S/C22H23F3N6O3/c1-2-3-11-30-18-17(27-20(28-18)22(23,24)25)19(32)31(21(30)33)12-7-10-16-26-15(29-34-16)13-14-8-5-4-6-9-14/h4-6,8-9H,2-3,7,10-13H2,1H3,(H,27,28). The van der Waals surface area contributed by atoms with Crippen molar-refractivity contribution in [1.29, 1.82) is 0 Å². The molecule has 1 aromatic carbocycles. The monoisotopic (exact) mass is 476 g/mol. The number of hydrogen-bond donors (Lipinski definition) is 1. The normalized spacial score (nSPS) is 12.0. The smallest absolute Gasteiger partial charge is 0.339 e. The number of unbranched alkanes of at least 4 members (excludes halogenated alkanes) is 1. The molecule has 0 aliphatic heterocycles. The summed E-state index contributed by atoms with van der Waals surface area (Å²) in [7, 11) is 0. The van der Waals surface area contributed by atoms with Crippen molar-refractivity contribution in [2.24, 2.45) is 0 Å². The molecule has 0 saturated carbocycles. The van der Waals surface area contributed by atoms with E-state index >= 15 is 0 Å². The number of nitrogens with one attached hydrogen (secondary N) is 1. The van der Waals surface area contributed by atoms with Gasteiger partial charge in [-0.1, -0.05) is 48.8 Å². The van der Waals surface area contributed by atoms with Gasteiger partial charge in [0.15, 0.2) is 11.5 Å². The van der Waals surface area contributed by atoms with Gasteiger partial charge >= 0.3 is 11.9 Å². The first-order valence-corrected chi connectivity index (χ1v) is 10.9. The lowest BCUT2D eigenvalue weighted by Gasteiger charge is -2.10. The predicted molar refractivity (Wildman–Crippen MR) is 116 cm³/mol. The Kier molecular flexibility index (Phi) is 6.66. The molecule has 12 heteroatoms. The van der Waals surface area contributed by atoms with E-state index in [1.54, 1.807) is 0 Å². The van der Waals surface area contributed by atoms with Gasteiger partial charge in [-0.3, -0.25) is 13.9 Å². The van der Waals surface area contributed by atoms with Crippen LogP contribution in [0.3, 0.4) is 0 Å². The van der Waals surface area contributed by atoms with Crippen LogP contribution in [0.2, 0.25) is 0 Å². The lowest BCUT2D eigenvalue weighted by molar-refractivity contribution is -0.144. The highest BCUT2D eigenvalue weighted by atomic mass is 19.4. The molecule has 3 heterocycles. The maximum absolute atomic E-state index is 13.2. The third-order valence-electron chi connectivity index (χ3n) is 5.35. The first-order valence-electron chi connectivity index (χ1n) is 10.9. The maximum Gasteiger partial charge on any atom is 0.449 e. The summed E-state index contributed by atoms with van der Waals surface area (Å²) in [4.78, 5) is 35.7. The molecule has 0 fully saturated rings. The van der Waals surface area contributed by atoms with Gasteiger partial charge in [-0.15, -0.1) is 0 Å². The van der Waals surface area contributed by atoms with E-state index in [1.807, 2.05) is 37.3 Å². The van der Waals surface area contributed by atoms with Crippen LogP contribution in [0.1, 0.15) is 49.3 Å². The summed E-state index contributed by atoms with van der Waals surface area (Å²) < 4.78 is 46.8. The number of aromatic amines is 1. The van der Waals surface area contributed by atoms with Crippen molar-refractivity contribution in [2.45, 2.75) is 58.3 Å². The van der Waals surface area contributed by atoms with E-state index in [4.69, 9.17) is 4.52 Å². The van der Waals surface area contributed by atoms with Gasteiger partial charge in [0, 0.05) is 25.9 Å². The van der Waals surface area contributed by atoms with Crippen molar-refractivity contribution in [3.05, 3.63) is 74.3 Å². The van der Waals surface area contributed by atoms with Crippen molar-refractivity contribution in [3.63, 3.8) is 0 Å². The highest BCUT2D eigenvalue weighted by Crippen LogP contribution is 2.27. The zero-order valence-corrected chi connectivity index (χ0v) is 18.4. The van der Waals surface area contributed by atoms with E-state index in [1.165, 1.54) is 0 Å². The van der Waals surface area contributed by atoms with Gasteiger partial charge in [-0.25, -0.2) is 9.78 Å². The lowest BCUT2D eigenvalue weighted by Crippen LogP contribution is -2.40. The third kappa shape index (κ3) is 4.95. The number of benzene rings is 1. The molecule has 1 N–H and O–H groups in total. The molecule has 4 aromatic rings. The zero-order valence-electron chi connectivity index (χ0n) is 18.4. The van der Waals surface area contributed by atoms with Crippen LogP contribution in [-0.2, 0) is 32.1 Å². The Balaban J connectivity index is 1.55. The van der Waals surface area contributed by atoms with E-state index < -0.39 is 23.2 Å². The van der Waals surface area contributed by atoms with Gasteiger partial charge in [-0.2, -0.15) is 18.2 Å². The average molecular weight is 476 g/mol. The summed E-state index contributed by atoms with van der Waals surface area (Å²) in [5.41, 5.74) is -1.13. The van der Waals surface area contributed by atoms with Gasteiger partial charge in [0.1, 0.15) is 5.52 Å². The third-order valence-corrected chi connectivity index (χ3v) is 5.35. The SMILES string of the molecule is CCCCn1c(=O)n(CCCc2nc(Cc3ccccc3)no2)c(=O)c2[nH]c(C(F)(F)F)nc21. The van der Waals surface area contributed by atoms with Crippen LogP contribution in [0.15, 0.2) is 44.4 Å². The minimum absolute atomic E-state index is 0.0174. The molecule has 3 aromatic heterocycles. The number of hydrogen-bond acceptors (Lipinski definition) is 6. The molecule has 0 bridgehead atoms. The van der Waals surface area contributed by atoms with Gasteiger partial charge < -0.3 is 9.51 Å². The highest BCUT2D eigenvalue weighted by molar-refractivity contribution is 5.70. The molecule has 0 saturated heterocycles. The topological polar surface area (TPSA) is 112 Å². The molecule has 4 rings (SSSR count). The summed E-state index contributed by atoms with van der Waals surface area (Å²) in [5.74, 6) is -0.440. The summed E-state index contributed by atoms with van der Waals surface area (Å²) in [6.07, 6.45) is -2.39. The predicted octanol–water partition coefficient (Wildman–Crippen LogP) is 3.31. The molecule has 0 aliphatic rings. The number of imidazole rings is 1. The fourth-order valence-electron chi connectivity index (χ4n) is 3.65. The van der Waals surface area contributed by atoms with Crippen LogP contribution in [0.4, 0.5) is 13.2 Å². The Morgan fingerprint density at radius 3 is 2.47 bits per heavy atom. The molecular formula is C22H23F3N6O3. The summed E-state index contributed by atoms with van der Waals surface area (Å²) in [6.45, 7) is 2.03. The Labute approximate surface area is 191 Å². The van der Waals surface area contributed by atoms with Crippen LogP contribution in [0.5, 0.6) is 0 Å². The number of rotatable bonds is 9. The molecule has 0 aliphatic carbocycles. The summed E-state index contributed by atoms with van der Waals surface area (Å²) in [6, 6.07) is 9.63. The quantitative estimate of drug-likeness (QED) is 0.397. The van der Waals surface area contributed by atoms with E-state index in [0.717, 1.165) is 14.7 Å². The van der Waals surface area contributed by atoms with Gasteiger partial charge in [0.25, 0.3) is 5.56 Å². The van der Waals surface area contributed by atoms with Crippen LogP contribution >= 0.6 is 0 Å². The van der Waals surface area contributed by atoms with Crippen LogP contribution < -0.4 is 11.2 Å². The molecular weight excluding hydrogens is 453 g/mol.